The normalized spacial score (nSPS) is 15.2. The Morgan fingerprint density at radius 3 is 2.58 bits per heavy atom. The van der Waals surface area contributed by atoms with Gasteiger partial charge >= 0.3 is 0 Å². The maximum atomic E-state index is 13.2. The van der Waals surface area contributed by atoms with Crippen molar-refractivity contribution in [3.63, 3.8) is 0 Å². The van der Waals surface area contributed by atoms with Crippen LogP contribution in [0.25, 0.3) is 10.9 Å². The van der Waals surface area contributed by atoms with Crippen molar-refractivity contribution in [2.45, 2.75) is 19.3 Å². The molecule has 3 aromatic rings. The zero-order valence-corrected chi connectivity index (χ0v) is 14.3. The molecule has 4 rings (SSSR count). The van der Waals surface area contributed by atoms with E-state index in [9.17, 15) is 4.79 Å². The van der Waals surface area contributed by atoms with Crippen molar-refractivity contribution in [3.05, 3.63) is 58.8 Å². The Morgan fingerprint density at radius 2 is 1.88 bits per heavy atom. The summed E-state index contributed by atoms with van der Waals surface area (Å²) in [6.45, 7) is 4.30. The summed E-state index contributed by atoms with van der Waals surface area (Å²) in [4.78, 5) is 13.2. The molecule has 0 saturated carbocycles. The van der Waals surface area contributed by atoms with Gasteiger partial charge in [-0.3, -0.25) is 4.79 Å². The molecule has 24 heavy (non-hydrogen) atoms. The Morgan fingerprint density at radius 1 is 1.12 bits per heavy atom. The molecule has 1 aliphatic carbocycles. The lowest BCUT2D eigenvalue weighted by molar-refractivity contribution is 0.103. The summed E-state index contributed by atoms with van der Waals surface area (Å²) in [5.41, 5.74) is 10.9. The van der Waals surface area contributed by atoms with E-state index in [0.717, 1.165) is 39.0 Å². The van der Waals surface area contributed by atoms with Gasteiger partial charge in [0.2, 0.25) is 0 Å². The van der Waals surface area contributed by atoms with Crippen molar-refractivity contribution >= 4 is 22.4 Å². The molecule has 0 unspecified atom stereocenters. The van der Waals surface area contributed by atoms with Crippen LogP contribution in [0, 0.1) is 0 Å². The third-order valence-corrected chi connectivity index (χ3v) is 5.19. The van der Waals surface area contributed by atoms with Gasteiger partial charge in [-0.05, 0) is 35.9 Å². The molecule has 0 amide bonds. The number of aryl methyl sites for hydroxylation is 1. The highest BCUT2D eigenvalue weighted by atomic mass is 16.5. The number of carbonyl (C=O) groups excluding carboxylic acids is 1. The van der Waals surface area contributed by atoms with Gasteiger partial charge in [0.15, 0.2) is 5.78 Å². The first-order valence-corrected chi connectivity index (χ1v) is 7.98. The molecule has 0 atom stereocenters. The first-order chi connectivity index (χ1) is 11.4. The molecule has 4 nitrogen and oxygen atoms in total. The van der Waals surface area contributed by atoms with Gasteiger partial charge in [0, 0.05) is 34.8 Å². The molecule has 0 saturated heterocycles. The van der Waals surface area contributed by atoms with Crippen LogP contribution in [0.1, 0.15) is 41.0 Å². The number of ether oxygens (including phenoxy) is 1. The summed E-state index contributed by atoms with van der Waals surface area (Å²) in [5, 5.41) is 0.959. The zero-order valence-electron chi connectivity index (χ0n) is 14.3. The lowest BCUT2D eigenvalue weighted by Gasteiger charge is -2.33. The highest BCUT2D eigenvalue weighted by Crippen LogP contribution is 2.46. The third kappa shape index (κ3) is 1.71. The van der Waals surface area contributed by atoms with E-state index in [4.69, 9.17) is 10.5 Å². The lowest BCUT2D eigenvalue weighted by atomic mass is 9.71. The maximum Gasteiger partial charge on any atom is 0.195 e. The number of aromatic nitrogens is 1. The molecule has 0 fully saturated rings. The number of hydrogen-bond acceptors (Lipinski definition) is 3. The second-order valence-corrected chi connectivity index (χ2v) is 6.92. The van der Waals surface area contributed by atoms with Crippen LogP contribution in [0.3, 0.4) is 0 Å². The molecule has 4 heteroatoms. The Balaban J connectivity index is 2.13. The van der Waals surface area contributed by atoms with Gasteiger partial charge < -0.3 is 15.0 Å². The minimum absolute atomic E-state index is 0.0670. The molecule has 2 N–H and O–H groups in total. The summed E-state index contributed by atoms with van der Waals surface area (Å²) in [7, 11) is 3.64. The average Bonchev–Trinajstić information content (AvgIpc) is 2.86. The fraction of sp³-hybridized carbons (Fsp3) is 0.250. The molecule has 0 radical (unpaired) electrons. The standard InChI is InChI=1S/C20H20N2O2/c1-20(2)15-10-12(24-4)6-8-13(15)18(23)17-14-7-5-11(21)9-16(14)22(3)19(17)20/h5-10H,21H2,1-4H3. The predicted octanol–water partition coefficient (Wildman–Crippen LogP) is 3.64. The fourth-order valence-corrected chi connectivity index (χ4v) is 4.04. The molecule has 122 valence electrons. The van der Waals surface area contributed by atoms with Crippen LogP contribution in [-0.2, 0) is 12.5 Å². The van der Waals surface area contributed by atoms with E-state index in [1.54, 1.807) is 7.11 Å². The summed E-state index contributed by atoms with van der Waals surface area (Å²) in [5.74, 6) is 0.832. The van der Waals surface area contributed by atoms with Crippen molar-refractivity contribution in [2.75, 3.05) is 12.8 Å². The average molecular weight is 320 g/mol. The Labute approximate surface area is 140 Å². The molecular formula is C20H20N2O2. The number of rotatable bonds is 1. The minimum atomic E-state index is -0.310. The van der Waals surface area contributed by atoms with E-state index in [0.29, 0.717) is 5.69 Å². The second kappa shape index (κ2) is 4.63. The molecule has 0 bridgehead atoms. The number of benzene rings is 2. The van der Waals surface area contributed by atoms with Gasteiger partial charge in [-0.1, -0.05) is 19.9 Å². The first-order valence-electron chi connectivity index (χ1n) is 7.98. The van der Waals surface area contributed by atoms with E-state index < -0.39 is 0 Å². The van der Waals surface area contributed by atoms with Gasteiger partial charge in [-0.15, -0.1) is 0 Å². The fourth-order valence-electron chi connectivity index (χ4n) is 4.04. The largest absolute Gasteiger partial charge is 0.497 e. The van der Waals surface area contributed by atoms with Crippen LogP contribution in [0.5, 0.6) is 5.75 Å². The molecule has 0 spiro atoms. The summed E-state index contributed by atoms with van der Waals surface area (Å²) < 4.78 is 7.47. The second-order valence-electron chi connectivity index (χ2n) is 6.92. The van der Waals surface area contributed by atoms with Crippen LogP contribution >= 0.6 is 0 Å². The van der Waals surface area contributed by atoms with Crippen molar-refractivity contribution in [3.8, 4) is 5.75 Å². The van der Waals surface area contributed by atoms with Crippen molar-refractivity contribution < 1.29 is 9.53 Å². The number of fused-ring (bicyclic) bond motifs is 4. The quantitative estimate of drug-likeness (QED) is 0.696. The smallest absolute Gasteiger partial charge is 0.195 e. The van der Waals surface area contributed by atoms with Crippen LogP contribution in [0.2, 0.25) is 0 Å². The number of anilines is 1. The van der Waals surface area contributed by atoms with Crippen molar-refractivity contribution in [1.29, 1.82) is 0 Å². The molecular weight excluding hydrogens is 300 g/mol. The van der Waals surface area contributed by atoms with Gasteiger partial charge in [0.25, 0.3) is 0 Å². The maximum absolute atomic E-state index is 13.2. The van der Waals surface area contributed by atoms with E-state index in [2.05, 4.69) is 18.4 Å². The number of carbonyl (C=O) groups is 1. The Bertz CT molecular complexity index is 1010. The van der Waals surface area contributed by atoms with Gasteiger partial charge in [-0.25, -0.2) is 0 Å². The SMILES string of the molecule is COc1ccc2c(c1)C(C)(C)c1c(c3ccc(N)cc3n1C)C2=O. The van der Waals surface area contributed by atoms with Crippen molar-refractivity contribution in [2.24, 2.45) is 7.05 Å². The number of nitrogens with two attached hydrogens (primary N) is 1. The number of nitrogen functional groups attached to an aromatic ring is 1. The summed E-state index contributed by atoms with van der Waals surface area (Å²) >= 11 is 0. The topological polar surface area (TPSA) is 57.2 Å². The van der Waals surface area contributed by atoms with E-state index in [-0.39, 0.29) is 11.2 Å². The summed E-state index contributed by atoms with van der Waals surface area (Å²) in [6.07, 6.45) is 0. The Hall–Kier alpha value is -2.75. The number of nitrogens with zero attached hydrogens (tertiary/aromatic N) is 1. The van der Waals surface area contributed by atoms with Crippen LogP contribution in [0.4, 0.5) is 5.69 Å². The van der Waals surface area contributed by atoms with Gasteiger partial charge in [-0.2, -0.15) is 0 Å². The van der Waals surface area contributed by atoms with Gasteiger partial charge in [0.1, 0.15) is 5.75 Å². The van der Waals surface area contributed by atoms with Crippen LogP contribution < -0.4 is 10.5 Å². The Kier molecular flexibility index (Phi) is 2.86. The number of hydrogen-bond donors (Lipinski definition) is 1. The first kappa shape index (κ1) is 14.8. The molecule has 1 aliphatic rings. The van der Waals surface area contributed by atoms with Crippen LogP contribution in [0.15, 0.2) is 36.4 Å². The van der Waals surface area contributed by atoms with Gasteiger partial charge in [0.05, 0.1) is 18.2 Å². The molecule has 2 aromatic carbocycles. The van der Waals surface area contributed by atoms with Crippen LogP contribution in [-0.4, -0.2) is 17.5 Å². The highest BCUT2D eigenvalue weighted by molar-refractivity contribution is 6.20. The predicted molar refractivity (Wildman–Crippen MR) is 95.9 cm³/mol. The molecule has 1 aromatic heterocycles. The monoisotopic (exact) mass is 320 g/mol. The highest BCUT2D eigenvalue weighted by Gasteiger charge is 2.41. The summed E-state index contributed by atoms with van der Waals surface area (Å²) in [6, 6.07) is 11.4. The van der Waals surface area contributed by atoms with Crippen molar-refractivity contribution in [1.82, 2.24) is 4.57 Å². The van der Waals surface area contributed by atoms with E-state index in [1.165, 1.54) is 0 Å². The molecule has 1 heterocycles. The number of methoxy groups -OCH3 is 1. The molecule has 0 aliphatic heterocycles. The number of ketones is 1. The zero-order chi connectivity index (χ0) is 17.2. The van der Waals surface area contributed by atoms with E-state index >= 15 is 0 Å². The minimum Gasteiger partial charge on any atom is -0.497 e. The lowest BCUT2D eigenvalue weighted by Crippen LogP contribution is -2.32. The third-order valence-electron chi connectivity index (χ3n) is 5.19. The van der Waals surface area contributed by atoms with E-state index in [1.807, 2.05) is 43.4 Å².